The van der Waals surface area contributed by atoms with Crippen LogP contribution in [-0.4, -0.2) is 11.8 Å². The quantitative estimate of drug-likeness (QED) is 0.865. The Hall–Kier alpha value is -1.92. The molecule has 0 saturated heterocycles. The molecule has 0 unspecified atom stereocenters. The summed E-state index contributed by atoms with van der Waals surface area (Å²) in [5, 5.41) is 3.03. The normalized spacial score (nSPS) is 10.2. The van der Waals surface area contributed by atoms with Gasteiger partial charge in [0.15, 0.2) is 0 Å². The molecule has 2 amide bonds. The minimum Gasteiger partial charge on any atom is -0.366 e. The van der Waals surface area contributed by atoms with Gasteiger partial charge in [0.25, 0.3) is 11.8 Å². The van der Waals surface area contributed by atoms with E-state index >= 15 is 0 Å². The second-order valence-corrected chi connectivity index (χ2v) is 5.40. The van der Waals surface area contributed by atoms with Crippen molar-refractivity contribution in [3.63, 3.8) is 0 Å². The molecule has 0 saturated carbocycles. The first kappa shape index (κ1) is 15.5. The van der Waals surface area contributed by atoms with Crippen LogP contribution in [0.5, 0.6) is 0 Å². The van der Waals surface area contributed by atoms with E-state index < -0.39 is 17.6 Å². The minimum absolute atomic E-state index is 0.265. The number of carbonyl (C=O) groups is 2. The van der Waals surface area contributed by atoms with Crippen molar-refractivity contribution in [2.45, 2.75) is 0 Å². The molecule has 21 heavy (non-hydrogen) atoms. The van der Waals surface area contributed by atoms with Gasteiger partial charge in [-0.2, -0.15) is 0 Å². The molecule has 0 heterocycles. The summed E-state index contributed by atoms with van der Waals surface area (Å²) in [5.74, 6) is -2.07. The maximum atomic E-state index is 13.3. The molecule has 2 aromatic rings. The van der Waals surface area contributed by atoms with Crippen molar-refractivity contribution < 1.29 is 14.0 Å². The second-order valence-electron chi connectivity index (χ2n) is 4.14. The van der Waals surface area contributed by atoms with Crippen LogP contribution in [0.1, 0.15) is 20.7 Å². The Morgan fingerprint density at radius 3 is 2.52 bits per heavy atom. The lowest BCUT2D eigenvalue weighted by atomic mass is 10.1. The van der Waals surface area contributed by atoms with Gasteiger partial charge in [-0.3, -0.25) is 9.59 Å². The van der Waals surface area contributed by atoms with Gasteiger partial charge in [0.05, 0.1) is 10.6 Å². The number of amides is 2. The molecule has 108 valence electrons. The van der Waals surface area contributed by atoms with E-state index in [1.54, 1.807) is 18.2 Å². The third kappa shape index (κ3) is 3.59. The highest BCUT2D eigenvalue weighted by molar-refractivity contribution is 9.10. The zero-order valence-electron chi connectivity index (χ0n) is 10.5. The summed E-state index contributed by atoms with van der Waals surface area (Å²) >= 11 is 9.06. The average Bonchev–Trinajstić information content (AvgIpc) is 2.43. The van der Waals surface area contributed by atoms with E-state index in [-0.39, 0.29) is 11.3 Å². The van der Waals surface area contributed by atoms with E-state index in [4.69, 9.17) is 17.3 Å². The molecule has 2 aromatic carbocycles. The molecule has 4 nitrogen and oxygen atoms in total. The fourth-order valence-electron chi connectivity index (χ4n) is 1.63. The Morgan fingerprint density at radius 2 is 1.90 bits per heavy atom. The average molecular weight is 372 g/mol. The van der Waals surface area contributed by atoms with Gasteiger partial charge < -0.3 is 11.1 Å². The van der Waals surface area contributed by atoms with Gasteiger partial charge in [-0.15, -0.1) is 0 Å². The van der Waals surface area contributed by atoms with Crippen LogP contribution < -0.4 is 11.1 Å². The fraction of sp³-hybridized carbons (Fsp3) is 0. The second kappa shape index (κ2) is 6.24. The summed E-state index contributed by atoms with van der Waals surface area (Å²) in [6.07, 6.45) is 0. The van der Waals surface area contributed by atoms with Gasteiger partial charge in [-0.1, -0.05) is 11.6 Å². The maximum absolute atomic E-state index is 13.3. The molecule has 0 aliphatic rings. The minimum atomic E-state index is -0.905. The molecule has 0 aliphatic carbocycles. The van der Waals surface area contributed by atoms with E-state index in [0.717, 1.165) is 6.07 Å². The summed E-state index contributed by atoms with van der Waals surface area (Å²) in [7, 11) is 0. The van der Waals surface area contributed by atoms with E-state index in [2.05, 4.69) is 21.2 Å². The Kier molecular flexibility index (Phi) is 4.59. The monoisotopic (exact) mass is 370 g/mol. The summed E-state index contributed by atoms with van der Waals surface area (Å²) in [5.41, 5.74) is 5.39. The van der Waals surface area contributed by atoms with Crippen LogP contribution in [0, 0.1) is 5.82 Å². The van der Waals surface area contributed by atoms with Crippen LogP contribution in [0.3, 0.4) is 0 Å². The number of anilines is 1. The molecular weight excluding hydrogens is 363 g/mol. The number of hydrogen-bond donors (Lipinski definition) is 2. The van der Waals surface area contributed by atoms with Crippen molar-refractivity contribution in [2.24, 2.45) is 5.73 Å². The number of hydrogen-bond acceptors (Lipinski definition) is 2. The Bertz CT molecular complexity index is 737. The number of primary amides is 1. The van der Waals surface area contributed by atoms with Crippen LogP contribution in [0.15, 0.2) is 40.9 Å². The lowest BCUT2D eigenvalue weighted by Crippen LogP contribution is -2.16. The van der Waals surface area contributed by atoms with Crippen molar-refractivity contribution >= 4 is 45.0 Å². The molecule has 7 heteroatoms. The lowest BCUT2D eigenvalue weighted by molar-refractivity contribution is 0.0992. The molecule has 3 N–H and O–H groups in total. The Balaban J connectivity index is 2.25. The SMILES string of the molecule is NC(=O)c1cc(NC(=O)c2ccc(Cl)c(Br)c2)ccc1F. The topological polar surface area (TPSA) is 72.2 Å². The van der Waals surface area contributed by atoms with E-state index in [9.17, 15) is 14.0 Å². The smallest absolute Gasteiger partial charge is 0.255 e. The van der Waals surface area contributed by atoms with Gasteiger partial charge >= 0.3 is 0 Å². The summed E-state index contributed by atoms with van der Waals surface area (Å²) < 4.78 is 13.9. The summed E-state index contributed by atoms with van der Waals surface area (Å²) in [6, 6.07) is 8.25. The summed E-state index contributed by atoms with van der Waals surface area (Å²) in [6.45, 7) is 0. The molecule has 2 rings (SSSR count). The number of rotatable bonds is 3. The standard InChI is InChI=1S/C14H9BrClFN2O2/c15-10-5-7(1-3-11(10)16)14(21)19-8-2-4-12(17)9(6-8)13(18)20/h1-6H,(H2,18,20)(H,19,21). The lowest BCUT2D eigenvalue weighted by Gasteiger charge is -2.08. The highest BCUT2D eigenvalue weighted by atomic mass is 79.9. The molecule has 0 spiro atoms. The number of halogens is 3. The molecule has 0 fully saturated rings. The Labute approximate surface area is 133 Å². The molecular formula is C14H9BrClFN2O2. The molecule has 0 aliphatic heterocycles. The van der Waals surface area contributed by atoms with Gasteiger partial charge in [0.1, 0.15) is 5.82 Å². The molecule has 0 aromatic heterocycles. The number of carbonyl (C=O) groups excluding carboxylic acids is 2. The largest absolute Gasteiger partial charge is 0.366 e. The van der Waals surface area contributed by atoms with Crippen LogP contribution in [0.25, 0.3) is 0 Å². The first-order chi connectivity index (χ1) is 9.88. The highest BCUT2D eigenvalue weighted by Crippen LogP contribution is 2.24. The van der Waals surface area contributed by atoms with Crippen molar-refractivity contribution in [1.29, 1.82) is 0 Å². The molecule has 0 radical (unpaired) electrons. The predicted molar refractivity (Wildman–Crippen MR) is 82.0 cm³/mol. The molecule has 0 atom stereocenters. The van der Waals surface area contributed by atoms with E-state index in [1.807, 2.05) is 0 Å². The van der Waals surface area contributed by atoms with Crippen LogP contribution in [0.4, 0.5) is 10.1 Å². The number of nitrogens with two attached hydrogens (primary N) is 1. The number of benzene rings is 2. The predicted octanol–water partition coefficient (Wildman–Crippen LogP) is 3.59. The van der Waals surface area contributed by atoms with Gasteiger partial charge in [0, 0.05) is 15.7 Å². The van der Waals surface area contributed by atoms with E-state index in [0.29, 0.717) is 15.1 Å². The summed E-state index contributed by atoms with van der Waals surface area (Å²) in [4.78, 5) is 23.1. The van der Waals surface area contributed by atoms with Crippen molar-refractivity contribution in [3.05, 3.63) is 62.8 Å². The first-order valence-corrected chi connectivity index (χ1v) is 6.91. The van der Waals surface area contributed by atoms with Gasteiger partial charge in [-0.25, -0.2) is 4.39 Å². The maximum Gasteiger partial charge on any atom is 0.255 e. The van der Waals surface area contributed by atoms with Crippen molar-refractivity contribution in [2.75, 3.05) is 5.32 Å². The van der Waals surface area contributed by atoms with Gasteiger partial charge in [-0.05, 0) is 52.3 Å². The van der Waals surface area contributed by atoms with Crippen LogP contribution in [0.2, 0.25) is 5.02 Å². The first-order valence-electron chi connectivity index (χ1n) is 5.74. The zero-order valence-corrected chi connectivity index (χ0v) is 12.8. The third-order valence-electron chi connectivity index (χ3n) is 2.67. The van der Waals surface area contributed by atoms with Gasteiger partial charge in [0.2, 0.25) is 0 Å². The number of nitrogens with one attached hydrogen (secondary N) is 1. The fourth-order valence-corrected chi connectivity index (χ4v) is 2.13. The zero-order chi connectivity index (χ0) is 15.6. The highest BCUT2D eigenvalue weighted by Gasteiger charge is 2.12. The van der Waals surface area contributed by atoms with E-state index in [1.165, 1.54) is 12.1 Å². The third-order valence-corrected chi connectivity index (χ3v) is 3.89. The van der Waals surface area contributed by atoms with Crippen molar-refractivity contribution in [3.8, 4) is 0 Å². The Morgan fingerprint density at radius 1 is 1.19 bits per heavy atom. The molecule has 0 bridgehead atoms. The van der Waals surface area contributed by atoms with Crippen LogP contribution >= 0.6 is 27.5 Å². The van der Waals surface area contributed by atoms with Crippen molar-refractivity contribution in [1.82, 2.24) is 0 Å². The van der Waals surface area contributed by atoms with Crippen LogP contribution in [-0.2, 0) is 0 Å².